The molecule has 1 saturated carbocycles. The molecule has 1 fully saturated rings. The average Bonchev–Trinajstić information content (AvgIpc) is 3.73. The Morgan fingerprint density at radius 2 is 1.55 bits per heavy atom. The molecular formula is C50H45N3. The van der Waals surface area contributed by atoms with Crippen molar-refractivity contribution in [1.82, 2.24) is 9.97 Å². The van der Waals surface area contributed by atoms with Crippen LogP contribution < -0.4 is 4.90 Å². The molecule has 3 atom stereocenters. The van der Waals surface area contributed by atoms with Crippen molar-refractivity contribution in [2.24, 2.45) is 5.92 Å². The van der Waals surface area contributed by atoms with Crippen LogP contribution in [-0.2, 0) is 11.8 Å². The zero-order valence-electron chi connectivity index (χ0n) is 30.6. The van der Waals surface area contributed by atoms with Gasteiger partial charge in [-0.15, -0.1) is 0 Å². The minimum Gasteiger partial charge on any atom is -0.282 e. The maximum Gasteiger partial charge on any atom is 0.235 e. The minimum absolute atomic E-state index is 0.0430. The Bertz CT molecular complexity index is 2360. The first-order chi connectivity index (χ1) is 26.2. The van der Waals surface area contributed by atoms with Gasteiger partial charge >= 0.3 is 0 Å². The SMILES string of the molecule is C1=CC[C@H]2C(=C1)N(c1nc(-c3ccccc3)cc(C34C=CC=CC3C4)n1)c1cc(-c3cccc4c3-c3ccccc3C4)ccc12.CC/C=C\C=C/CC. The number of nitrogens with zero attached hydrogens (tertiary/aromatic N) is 3. The van der Waals surface area contributed by atoms with Gasteiger partial charge in [-0.25, -0.2) is 9.97 Å². The van der Waals surface area contributed by atoms with E-state index in [9.17, 15) is 0 Å². The summed E-state index contributed by atoms with van der Waals surface area (Å²) < 4.78 is 0. The van der Waals surface area contributed by atoms with E-state index in [2.05, 4.69) is 183 Å². The fraction of sp³-hybridized carbons (Fsp3) is 0.200. The van der Waals surface area contributed by atoms with E-state index < -0.39 is 0 Å². The Balaban J connectivity index is 0.000000421. The van der Waals surface area contributed by atoms with Gasteiger partial charge in [0.05, 0.1) is 17.1 Å². The van der Waals surface area contributed by atoms with E-state index in [1.54, 1.807) is 0 Å². The number of benzene rings is 4. The highest BCUT2D eigenvalue weighted by Crippen LogP contribution is 2.58. The predicted octanol–water partition coefficient (Wildman–Crippen LogP) is 12.8. The van der Waals surface area contributed by atoms with Crippen LogP contribution in [0.1, 0.15) is 67.8 Å². The van der Waals surface area contributed by atoms with Crippen molar-refractivity contribution in [1.29, 1.82) is 0 Å². The Morgan fingerprint density at radius 3 is 2.38 bits per heavy atom. The second-order valence-corrected chi connectivity index (χ2v) is 14.7. The van der Waals surface area contributed by atoms with Gasteiger partial charge in [-0.1, -0.05) is 160 Å². The van der Waals surface area contributed by atoms with Gasteiger partial charge in [-0.3, -0.25) is 4.90 Å². The summed E-state index contributed by atoms with van der Waals surface area (Å²) in [6, 6.07) is 35.5. The molecule has 3 heteroatoms. The van der Waals surface area contributed by atoms with Crippen molar-refractivity contribution in [3.63, 3.8) is 0 Å². The highest BCUT2D eigenvalue weighted by atomic mass is 15.3. The molecule has 0 saturated heterocycles. The lowest BCUT2D eigenvalue weighted by Gasteiger charge is -2.25. The van der Waals surface area contributed by atoms with Gasteiger partial charge in [0.1, 0.15) is 0 Å². The van der Waals surface area contributed by atoms with Crippen molar-refractivity contribution in [3.05, 3.63) is 192 Å². The van der Waals surface area contributed by atoms with Gasteiger partial charge in [0, 0.05) is 22.6 Å². The van der Waals surface area contributed by atoms with Crippen molar-refractivity contribution in [3.8, 4) is 33.5 Å². The highest BCUT2D eigenvalue weighted by Gasteiger charge is 2.54. The van der Waals surface area contributed by atoms with E-state index in [4.69, 9.17) is 9.97 Å². The lowest BCUT2D eigenvalue weighted by molar-refractivity contribution is 0.766. The number of aromatic nitrogens is 2. The summed E-state index contributed by atoms with van der Waals surface area (Å²) in [5.74, 6) is 1.55. The minimum atomic E-state index is -0.0430. The Morgan fingerprint density at radius 1 is 0.755 bits per heavy atom. The average molecular weight is 688 g/mol. The normalized spacial score (nSPS) is 21.1. The van der Waals surface area contributed by atoms with Crippen LogP contribution in [0.5, 0.6) is 0 Å². The van der Waals surface area contributed by atoms with Crippen LogP contribution in [0.4, 0.5) is 11.6 Å². The molecule has 0 radical (unpaired) electrons. The number of allylic oxidation sites excluding steroid dienone is 12. The largest absolute Gasteiger partial charge is 0.282 e. The first-order valence-corrected chi connectivity index (χ1v) is 19.3. The lowest BCUT2D eigenvalue weighted by Crippen LogP contribution is -2.20. The highest BCUT2D eigenvalue weighted by molar-refractivity contribution is 5.92. The lowest BCUT2D eigenvalue weighted by atomic mass is 9.89. The second-order valence-electron chi connectivity index (χ2n) is 14.7. The van der Waals surface area contributed by atoms with Gasteiger partial charge in [-0.2, -0.15) is 0 Å². The van der Waals surface area contributed by atoms with Crippen LogP contribution >= 0.6 is 0 Å². The first kappa shape index (κ1) is 33.1. The van der Waals surface area contributed by atoms with Gasteiger partial charge in [-0.05, 0) is 95.2 Å². The maximum absolute atomic E-state index is 5.42. The predicted molar refractivity (Wildman–Crippen MR) is 221 cm³/mol. The van der Waals surface area contributed by atoms with Crippen molar-refractivity contribution >= 4 is 11.6 Å². The molecule has 0 bridgehead atoms. The van der Waals surface area contributed by atoms with E-state index in [1.165, 1.54) is 50.3 Å². The standard InChI is InChI=1S/C42H31N3.C8H14/c1-2-11-27(12-3-1)36-25-39(42-22-9-8-15-31(42)26-42)44-41(43-36)45-37-19-7-6-17-34(37)35-21-20-29(24-38(35)45)33-18-10-14-30-23-28-13-4-5-16-32(28)40(30)33;1-3-5-7-8-6-4-2/h1-16,18-22,24-25,31,34H,17,23,26H2;5-8H,3-4H2,1-2H3/b;7-5-,8-6-/t31?,34-,42?;/m1./s1. The van der Waals surface area contributed by atoms with E-state index >= 15 is 0 Å². The summed E-state index contributed by atoms with van der Waals surface area (Å²) in [6.45, 7) is 4.27. The van der Waals surface area contributed by atoms with E-state index in [1.807, 2.05) is 0 Å². The third-order valence-corrected chi connectivity index (χ3v) is 11.4. The molecule has 1 aromatic heterocycles. The molecule has 5 aromatic rings. The number of fused-ring (bicyclic) bond motifs is 7. The third-order valence-electron chi connectivity index (χ3n) is 11.4. The van der Waals surface area contributed by atoms with Crippen LogP contribution in [-0.4, -0.2) is 9.97 Å². The van der Waals surface area contributed by atoms with E-state index in [0.717, 1.165) is 55.0 Å². The molecule has 1 aliphatic heterocycles. The van der Waals surface area contributed by atoms with E-state index in [0.29, 0.717) is 5.92 Å². The summed E-state index contributed by atoms with van der Waals surface area (Å²) >= 11 is 0. The Labute approximate surface area is 314 Å². The third kappa shape index (κ3) is 5.95. The van der Waals surface area contributed by atoms with Crippen LogP contribution in [0, 0.1) is 5.92 Å². The van der Waals surface area contributed by atoms with Crippen molar-refractivity contribution < 1.29 is 0 Å². The summed E-state index contributed by atoms with van der Waals surface area (Å²) in [4.78, 5) is 13.1. The molecule has 53 heavy (non-hydrogen) atoms. The van der Waals surface area contributed by atoms with Gasteiger partial charge in [0.25, 0.3) is 0 Å². The molecule has 0 spiro atoms. The van der Waals surface area contributed by atoms with Gasteiger partial charge < -0.3 is 0 Å². The summed E-state index contributed by atoms with van der Waals surface area (Å²) in [6.07, 6.45) is 29.6. The fourth-order valence-corrected chi connectivity index (χ4v) is 8.63. The molecule has 10 rings (SSSR count). The van der Waals surface area contributed by atoms with Gasteiger partial charge in [0.15, 0.2) is 0 Å². The first-order valence-electron chi connectivity index (χ1n) is 19.3. The summed E-state index contributed by atoms with van der Waals surface area (Å²) in [5, 5.41) is 0. The molecule has 2 unspecified atom stereocenters. The summed E-state index contributed by atoms with van der Waals surface area (Å²) in [5.41, 5.74) is 15.0. The maximum atomic E-state index is 5.42. The number of rotatable bonds is 7. The monoisotopic (exact) mass is 687 g/mol. The van der Waals surface area contributed by atoms with Crippen molar-refractivity contribution in [2.45, 2.75) is 57.3 Å². The number of hydrogen-bond donors (Lipinski definition) is 0. The second kappa shape index (κ2) is 14.0. The Kier molecular flexibility index (Phi) is 8.71. The molecule has 3 nitrogen and oxygen atoms in total. The molecule has 0 N–H and O–H groups in total. The molecular weight excluding hydrogens is 643 g/mol. The van der Waals surface area contributed by atoms with E-state index in [-0.39, 0.29) is 11.3 Å². The number of hydrogen-bond acceptors (Lipinski definition) is 3. The van der Waals surface area contributed by atoms with Crippen LogP contribution in [0.2, 0.25) is 0 Å². The molecule has 4 aliphatic carbocycles. The van der Waals surface area contributed by atoms with Crippen LogP contribution in [0.25, 0.3) is 33.5 Å². The molecule has 2 heterocycles. The topological polar surface area (TPSA) is 29.0 Å². The molecule has 0 amide bonds. The van der Waals surface area contributed by atoms with Crippen LogP contribution in [0.15, 0.2) is 170 Å². The van der Waals surface area contributed by atoms with Crippen molar-refractivity contribution in [2.75, 3.05) is 4.90 Å². The molecule has 5 aliphatic rings. The molecule has 4 aromatic carbocycles. The zero-order chi connectivity index (χ0) is 35.8. The smallest absolute Gasteiger partial charge is 0.235 e. The summed E-state index contributed by atoms with van der Waals surface area (Å²) in [7, 11) is 0. The zero-order valence-corrected chi connectivity index (χ0v) is 30.6. The van der Waals surface area contributed by atoms with Gasteiger partial charge in [0.2, 0.25) is 5.95 Å². The number of anilines is 2. The molecule has 260 valence electrons. The quantitative estimate of drug-likeness (QED) is 0.156. The Hall–Kier alpha value is -5.80. The fourth-order valence-electron chi connectivity index (χ4n) is 8.63. The van der Waals surface area contributed by atoms with Crippen LogP contribution in [0.3, 0.4) is 0 Å².